The molecule has 0 amide bonds. The number of hydrogen-bond donors (Lipinski definition) is 2. The van der Waals surface area contributed by atoms with E-state index >= 15 is 0 Å². The van der Waals surface area contributed by atoms with Gasteiger partial charge in [-0.1, -0.05) is 32.9 Å². The van der Waals surface area contributed by atoms with E-state index in [2.05, 4.69) is 39.9 Å². The predicted molar refractivity (Wildman–Crippen MR) is 124 cm³/mol. The van der Waals surface area contributed by atoms with E-state index in [1.165, 1.54) is 0 Å². The molecule has 0 bridgehead atoms. The minimum Gasteiger partial charge on any atom is -0.481 e. The summed E-state index contributed by atoms with van der Waals surface area (Å²) in [4.78, 5) is 10.7. The van der Waals surface area contributed by atoms with E-state index in [-0.39, 0.29) is 35.7 Å². The van der Waals surface area contributed by atoms with Crippen LogP contribution in [0.5, 0.6) is 0 Å². The number of unbranched alkanes of at least 4 members (excludes halogenated alkanes) is 1. The molecule has 0 aromatic rings. The van der Waals surface area contributed by atoms with Crippen molar-refractivity contribution in [3.63, 3.8) is 0 Å². The fourth-order valence-electron chi connectivity index (χ4n) is 4.14. The first-order valence-electron chi connectivity index (χ1n) is 12.0. The van der Waals surface area contributed by atoms with Gasteiger partial charge in [-0.3, -0.25) is 4.79 Å². The number of ether oxygens (including phenoxy) is 2. The van der Waals surface area contributed by atoms with Gasteiger partial charge in [0, 0.05) is 32.0 Å². The number of hydrogen-bond acceptors (Lipinski definition) is 5. The SMILES string of the molecule is CC(C)(C)[Si](C)(C)OC[C@@H]1[C@@H](C/C=C\CCCC(=O)O)[C@@H](O)C[C@H]1OC1CCCCO1. The van der Waals surface area contributed by atoms with Crippen LogP contribution in [0.2, 0.25) is 18.1 Å². The highest BCUT2D eigenvalue weighted by molar-refractivity contribution is 6.74. The van der Waals surface area contributed by atoms with E-state index in [9.17, 15) is 9.90 Å². The number of aliphatic hydroxyl groups is 1. The Morgan fingerprint density at radius 2 is 1.94 bits per heavy atom. The molecule has 7 heteroatoms. The first-order chi connectivity index (χ1) is 14.5. The second kappa shape index (κ2) is 11.9. The summed E-state index contributed by atoms with van der Waals surface area (Å²) in [5, 5.41) is 19.7. The molecule has 2 fully saturated rings. The minimum atomic E-state index is -1.91. The number of carbonyl (C=O) groups is 1. The maximum atomic E-state index is 10.8. The Hall–Kier alpha value is -0.733. The number of carboxylic acids is 1. The maximum Gasteiger partial charge on any atom is 0.303 e. The molecule has 2 N–H and O–H groups in total. The topological polar surface area (TPSA) is 85.2 Å². The van der Waals surface area contributed by atoms with Crippen LogP contribution >= 0.6 is 0 Å². The monoisotopic (exact) mass is 456 g/mol. The van der Waals surface area contributed by atoms with Crippen molar-refractivity contribution < 1.29 is 28.9 Å². The average molecular weight is 457 g/mol. The van der Waals surface area contributed by atoms with Crippen LogP contribution in [0.3, 0.4) is 0 Å². The lowest BCUT2D eigenvalue weighted by atomic mass is 9.91. The van der Waals surface area contributed by atoms with E-state index in [0.29, 0.717) is 19.4 Å². The van der Waals surface area contributed by atoms with Gasteiger partial charge in [0.05, 0.1) is 12.2 Å². The molecule has 31 heavy (non-hydrogen) atoms. The van der Waals surface area contributed by atoms with E-state index in [1.807, 2.05) is 6.08 Å². The molecule has 1 saturated carbocycles. The van der Waals surface area contributed by atoms with Crippen LogP contribution in [-0.4, -0.2) is 56.2 Å². The van der Waals surface area contributed by atoms with Crippen molar-refractivity contribution in [2.75, 3.05) is 13.2 Å². The van der Waals surface area contributed by atoms with Crippen LogP contribution in [0, 0.1) is 11.8 Å². The Labute approximate surface area is 189 Å². The third kappa shape index (κ3) is 8.28. The summed E-state index contributed by atoms with van der Waals surface area (Å²) in [6.07, 6.45) is 9.53. The number of aliphatic hydroxyl groups excluding tert-OH is 1. The molecule has 1 aliphatic heterocycles. The molecular weight excluding hydrogens is 412 g/mol. The fraction of sp³-hybridized carbons (Fsp3) is 0.875. The normalized spacial score (nSPS) is 30.2. The first-order valence-corrected chi connectivity index (χ1v) is 14.9. The molecule has 0 aromatic carbocycles. The van der Waals surface area contributed by atoms with Gasteiger partial charge in [0.2, 0.25) is 0 Å². The molecule has 2 aliphatic rings. The second-order valence-corrected chi connectivity index (χ2v) is 15.5. The van der Waals surface area contributed by atoms with E-state index in [4.69, 9.17) is 19.0 Å². The van der Waals surface area contributed by atoms with Crippen molar-refractivity contribution in [1.82, 2.24) is 0 Å². The van der Waals surface area contributed by atoms with Gasteiger partial charge < -0.3 is 24.1 Å². The second-order valence-electron chi connectivity index (χ2n) is 10.7. The highest BCUT2D eigenvalue weighted by atomic mass is 28.4. The van der Waals surface area contributed by atoms with Crippen molar-refractivity contribution >= 4 is 14.3 Å². The van der Waals surface area contributed by atoms with E-state index in [1.54, 1.807) is 0 Å². The molecular formula is C24H44O6Si. The Kier molecular flexibility index (Phi) is 10.2. The summed E-state index contributed by atoms with van der Waals surface area (Å²) >= 11 is 0. The van der Waals surface area contributed by atoms with Gasteiger partial charge in [0.15, 0.2) is 14.6 Å². The van der Waals surface area contributed by atoms with Gasteiger partial charge in [0.1, 0.15) is 0 Å². The molecule has 0 aromatic heterocycles. The van der Waals surface area contributed by atoms with Crippen LogP contribution in [0.25, 0.3) is 0 Å². The lowest BCUT2D eigenvalue weighted by Crippen LogP contribution is -2.44. The average Bonchev–Trinajstić information content (AvgIpc) is 2.97. The summed E-state index contributed by atoms with van der Waals surface area (Å²) < 4.78 is 18.7. The number of rotatable bonds is 11. The number of carboxylic acid groups (broad SMARTS) is 1. The number of aliphatic carboxylic acids is 1. The maximum absolute atomic E-state index is 10.8. The Morgan fingerprint density at radius 1 is 1.19 bits per heavy atom. The smallest absolute Gasteiger partial charge is 0.303 e. The molecule has 180 valence electrons. The quantitative estimate of drug-likeness (QED) is 0.255. The highest BCUT2D eigenvalue weighted by Gasteiger charge is 2.46. The predicted octanol–water partition coefficient (Wildman–Crippen LogP) is 5.12. The van der Waals surface area contributed by atoms with Crippen LogP contribution in [-0.2, 0) is 18.7 Å². The van der Waals surface area contributed by atoms with Crippen molar-refractivity contribution in [3.05, 3.63) is 12.2 Å². The zero-order chi connectivity index (χ0) is 23.1. The lowest BCUT2D eigenvalue weighted by molar-refractivity contribution is -0.197. The third-order valence-corrected chi connectivity index (χ3v) is 11.7. The third-order valence-electron chi connectivity index (χ3n) is 7.24. The van der Waals surface area contributed by atoms with Crippen molar-refractivity contribution in [2.24, 2.45) is 11.8 Å². The van der Waals surface area contributed by atoms with Gasteiger partial charge in [-0.25, -0.2) is 0 Å². The highest BCUT2D eigenvalue weighted by Crippen LogP contribution is 2.42. The fourth-order valence-corrected chi connectivity index (χ4v) is 5.19. The van der Waals surface area contributed by atoms with Crippen LogP contribution in [0.4, 0.5) is 0 Å². The molecule has 1 heterocycles. The molecule has 0 spiro atoms. The van der Waals surface area contributed by atoms with Gasteiger partial charge in [-0.15, -0.1) is 0 Å². The van der Waals surface area contributed by atoms with Gasteiger partial charge >= 0.3 is 5.97 Å². The summed E-state index contributed by atoms with van der Waals surface area (Å²) in [5.41, 5.74) is 0. The van der Waals surface area contributed by atoms with Gasteiger partial charge in [-0.2, -0.15) is 0 Å². The largest absolute Gasteiger partial charge is 0.481 e. The Balaban J connectivity index is 2.01. The zero-order valence-corrected chi connectivity index (χ0v) is 21.1. The molecule has 5 atom stereocenters. The molecule has 1 aliphatic carbocycles. The van der Waals surface area contributed by atoms with E-state index < -0.39 is 20.4 Å². The van der Waals surface area contributed by atoms with Crippen LogP contribution < -0.4 is 0 Å². The Morgan fingerprint density at radius 3 is 2.55 bits per heavy atom. The number of allylic oxidation sites excluding steroid dienone is 2. The van der Waals surface area contributed by atoms with Gasteiger partial charge in [-0.05, 0) is 62.6 Å². The zero-order valence-electron chi connectivity index (χ0n) is 20.1. The summed E-state index contributed by atoms with van der Waals surface area (Å²) in [6, 6.07) is 0. The van der Waals surface area contributed by atoms with Gasteiger partial charge in [0.25, 0.3) is 0 Å². The standard InChI is InChI=1S/C24H44O6Si/c1-24(2,3)31(4,5)29-17-19-18(12-8-6-7-9-13-22(26)27)20(25)16-21(19)30-23-14-10-11-15-28-23/h6,8,18-21,23,25H,7,9-17H2,1-5H3,(H,26,27)/b8-6-/t18-,19-,20+,21-,23?/m1/s1. The molecule has 1 unspecified atom stereocenters. The molecule has 0 radical (unpaired) electrons. The minimum absolute atomic E-state index is 0.0618. The first kappa shape index (κ1) is 26.5. The van der Waals surface area contributed by atoms with Crippen molar-refractivity contribution in [1.29, 1.82) is 0 Å². The van der Waals surface area contributed by atoms with Crippen molar-refractivity contribution in [2.45, 2.75) is 109 Å². The summed E-state index contributed by atoms with van der Waals surface area (Å²) in [5.74, 6) is -0.556. The molecule has 2 rings (SSSR count). The molecule has 1 saturated heterocycles. The van der Waals surface area contributed by atoms with Crippen LogP contribution in [0.15, 0.2) is 12.2 Å². The summed E-state index contributed by atoms with van der Waals surface area (Å²) in [6.45, 7) is 12.6. The van der Waals surface area contributed by atoms with E-state index in [0.717, 1.165) is 38.7 Å². The Bertz CT molecular complexity index is 579. The molecule has 6 nitrogen and oxygen atoms in total. The van der Waals surface area contributed by atoms with Crippen molar-refractivity contribution in [3.8, 4) is 0 Å². The lowest BCUT2D eigenvalue weighted by Gasteiger charge is -2.38. The van der Waals surface area contributed by atoms with Crippen LogP contribution in [0.1, 0.15) is 72.1 Å². The summed E-state index contributed by atoms with van der Waals surface area (Å²) in [7, 11) is -1.91.